The second-order valence-corrected chi connectivity index (χ2v) is 9.10. The highest BCUT2D eigenvalue weighted by Crippen LogP contribution is 2.27. The van der Waals surface area contributed by atoms with Gasteiger partial charge in [-0.05, 0) is 44.1 Å². The lowest BCUT2D eigenvalue weighted by atomic mass is 9.84. The molecule has 6 heteroatoms. The van der Waals surface area contributed by atoms with Gasteiger partial charge >= 0.3 is 5.97 Å². The van der Waals surface area contributed by atoms with E-state index < -0.39 is 12.0 Å². The van der Waals surface area contributed by atoms with Crippen molar-refractivity contribution < 1.29 is 19.1 Å². The third-order valence-electron chi connectivity index (χ3n) is 5.39. The second kappa shape index (κ2) is 8.93. The fourth-order valence-electron chi connectivity index (χ4n) is 3.89. The summed E-state index contributed by atoms with van der Waals surface area (Å²) in [4.78, 5) is 39.5. The summed E-state index contributed by atoms with van der Waals surface area (Å²) in [7, 11) is 4.72. The lowest BCUT2D eigenvalue weighted by Gasteiger charge is -2.28. The summed E-state index contributed by atoms with van der Waals surface area (Å²) in [5.41, 5.74) is 2.28. The summed E-state index contributed by atoms with van der Waals surface area (Å²) in [6.45, 7) is 13.8. The maximum atomic E-state index is 13.2. The van der Waals surface area contributed by atoms with Crippen molar-refractivity contribution in [2.24, 2.45) is 18.4 Å². The Hall–Kier alpha value is -2.11. The first-order chi connectivity index (χ1) is 12.7. The molecule has 1 heterocycles. The summed E-state index contributed by atoms with van der Waals surface area (Å²) >= 11 is 0. The summed E-state index contributed by atoms with van der Waals surface area (Å²) in [5.74, 6) is -0.448. The number of amides is 1. The highest BCUT2D eigenvalue weighted by Gasteiger charge is 2.31. The molecule has 2 atom stereocenters. The van der Waals surface area contributed by atoms with Crippen molar-refractivity contribution in [1.29, 1.82) is 0 Å². The van der Waals surface area contributed by atoms with Gasteiger partial charge in [0, 0.05) is 31.8 Å². The number of nitrogens with zero attached hydrogens (tertiary/aromatic N) is 2. The van der Waals surface area contributed by atoms with Gasteiger partial charge < -0.3 is 14.2 Å². The number of ether oxygens (including phenoxy) is 1. The minimum absolute atomic E-state index is 0.0444. The van der Waals surface area contributed by atoms with Crippen LogP contribution in [-0.2, 0) is 16.6 Å². The molecule has 0 N–H and O–H groups in total. The summed E-state index contributed by atoms with van der Waals surface area (Å²) < 4.78 is 6.51. The van der Waals surface area contributed by atoms with Crippen LogP contribution in [0.4, 0.5) is 0 Å². The number of hydrogen-bond donors (Lipinski definition) is 0. The lowest BCUT2D eigenvalue weighted by Crippen LogP contribution is -2.41. The minimum Gasteiger partial charge on any atom is -0.464 e. The Morgan fingerprint density at radius 1 is 1.14 bits per heavy atom. The fraction of sp³-hybridized carbons (Fsp3) is 0.682. The van der Waals surface area contributed by atoms with Crippen LogP contribution in [-0.4, -0.2) is 47.3 Å². The number of carbonyl (C=O) groups excluding carboxylic acids is 3. The maximum absolute atomic E-state index is 13.2. The number of carbonyl (C=O) groups is 3. The van der Waals surface area contributed by atoms with Crippen LogP contribution in [0.3, 0.4) is 0 Å². The van der Waals surface area contributed by atoms with Gasteiger partial charge in [-0.25, -0.2) is 4.79 Å². The van der Waals surface area contributed by atoms with Crippen LogP contribution in [0.2, 0.25) is 0 Å². The van der Waals surface area contributed by atoms with Crippen molar-refractivity contribution in [1.82, 2.24) is 9.47 Å². The van der Waals surface area contributed by atoms with Crippen molar-refractivity contribution >= 4 is 17.7 Å². The predicted molar refractivity (Wildman–Crippen MR) is 111 cm³/mol. The molecule has 1 aromatic heterocycles. The molecule has 0 aromatic carbocycles. The molecule has 0 saturated carbocycles. The van der Waals surface area contributed by atoms with Gasteiger partial charge in [-0.2, -0.15) is 0 Å². The monoisotopic (exact) mass is 392 g/mol. The number of esters is 1. The molecule has 0 aliphatic heterocycles. The summed E-state index contributed by atoms with van der Waals surface area (Å²) in [6.07, 6.45) is 1.35. The average molecular weight is 393 g/mol. The summed E-state index contributed by atoms with van der Waals surface area (Å²) in [5, 5.41) is 0. The van der Waals surface area contributed by atoms with Crippen molar-refractivity contribution in [2.45, 2.75) is 67.3 Å². The van der Waals surface area contributed by atoms with Crippen molar-refractivity contribution in [3.8, 4) is 0 Å². The van der Waals surface area contributed by atoms with Crippen LogP contribution in [0.15, 0.2) is 0 Å². The molecule has 158 valence electrons. The Bertz CT molecular complexity index is 756. The molecule has 0 unspecified atom stereocenters. The first-order valence-corrected chi connectivity index (χ1v) is 9.77. The fourth-order valence-corrected chi connectivity index (χ4v) is 3.89. The number of aromatic nitrogens is 1. The van der Waals surface area contributed by atoms with Crippen molar-refractivity contribution in [3.05, 3.63) is 22.5 Å². The highest BCUT2D eigenvalue weighted by molar-refractivity contribution is 6.06. The number of Topliss-reactive ketones (excluding diaryl/α,β-unsaturated/α-hetero) is 1. The molecule has 0 radical (unpaired) electrons. The first-order valence-electron chi connectivity index (χ1n) is 9.77. The van der Waals surface area contributed by atoms with Gasteiger partial charge in [-0.1, -0.05) is 27.7 Å². The Kier molecular flexibility index (Phi) is 7.63. The first kappa shape index (κ1) is 23.9. The normalized spacial score (nSPS) is 13.8. The minimum atomic E-state index is -0.611. The Morgan fingerprint density at radius 3 is 2.14 bits per heavy atom. The molecule has 1 aromatic rings. The Morgan fingerprint density at radius 2 is 1.68 bits per heavy atom. The van der Waals surface area contributed by atoms with E-state index in [2.05, 4.69) is 27.7 Å². The largest absolute Gasteiger partial charge is 0.464 e. The molecule has 0 saturated heterocycles. The highest BCUT2D eigenvalue weighted by atomic mass is 16.5. The third kappa shape index (κ3) is 5.24. The van der Waals surface area contributed by atoms with Gasteiger partial charge in [-0.3, -0.25) is 9.59 Å². The van der Waals surface area contributed by atoms with E-state index in [1.54, 1.807) is 39.4 Å². The van der Waals surface area contributed by atoms with Crippen LogP contribution >= 0.6 is 0 Å². The molecule has 0 fully saturated rings. The van der Waals surface area contributed by atoms with Crippen LogP contribution in [0, 0.1) is 25.2 Å². The van der Waals surface area contributed by atoms with Gasteiger partial charge in [0.05, 0.1) is 13.2 Å². The van der Waals surface area contributed by atoms with E-state index >= 15 is 0 Å². The van der Waals surface area contributed by atoms with Gasteiger partial charge in [0.25, 0.3) is 0 Å². The van der Waals surface area contributed by atoms with Gasteiger partial charge in [0.2, 0.25) is 5.91 Å². The zero-order chi connectivity index (χ0) is 22.0. The molecule has 0 aliphatic rings. The molecule has 0 spiro atoms. The number of likely N-dealkylation sites (N-methyl/N-ethyl adjacent to an activating group) is 1. The molecular formula is C22H36N2O4. The topological polar surface area (TPSA) is 68.6 Å². The van der Waals surface area contributed by atoms with Crippen LogP contribution in [0.5, 0.6) is 0 Å². The van der Waals surface area contributed by atoms with Crippen LogP contribution in [0.25, 0.3) is 0 Å². The average Bonchev–Trinajstić information content (AvgIpc) is 2.79. The van der Waals surface area contributed by atoms with E-state index in [1.807, 2.05) is 0 Å². The third-order valence-corrected chi connectivity index (χ3v) is 5.39. The molecule has 6 nitrogen and oxygen atoms in total. The zero-order valence-corrected chi connectivity index (χ0v) is 19.1. The van der Waals surface area contributed by atoms with Gasteiger partial charge in [0.1, 0.15) is 5.69 Å². The van der Waals surface area contributed by atoms with Gasteiger partial charge in [0.15, 0.2) is 5.78 Å². The molecule has 0 bridgehead atoms. The second-order valence-electron chi connectivity index (χ2n) is 9.10. The standard InChI is InChI=1S/C22H36N2O4/c1-13(12-22(5,6)7)11-17(25)23(8)16(4)20(26)18-14(2)19(21(27)28-10)24(9)15(18)3/h13,16H,11-12H2,1-10H3/t13-,16-/m1/s1. The van der Waals surface area contributed by atoms with E-state index in [9.17, 15) is 14.4 Å². The van der Waals surface area contributed by atoms with Crippen LogP contribution in [0.1, 0.15) is 79.6 Å². The SMILES string of the molecule is COC(=O)c1c(C)c(C(=O)[C@@H](C)N(C)C(=O)C[C@@H](C)CC(C)(C)C)c(C)n1C. The number of ketones is 1. The summed E-state index contributed by atoms with van der Waals surface area (Å²) in [6, 6.07) is -0.611. The molecular weight excluding hydrogens is 356 g/mol. The van der Waals surface area contributed by atoms with Crippen LogP contribution < -0.4 is 0 Å². The maximum Gasteiger partial charge on any atom is 0.354 e. The molecule has 28 heavy (non-hydrogen) atoms. The zero-order valence-electron chi connectivity index (χ0n) is 19.1. The smallest absolute Gasteiger partial charge is 0.354 e. The van der Waals surface area contributed by atoms with Crippen molar-refractivity contribution in [2.75, 3.05) is 14.2 Å². The van der Waals surface area contributed by atoms with E-state index in [-0.39, 0.29) is 23.0 Å². The lowest BCUT2D eigenvalue weighted by molar-refractivity contribution is -0.132. The Labute approximate surface area is 169 Å². The van der Waals surface area contributed by atoms with Crippen molar-refractivity contribution in [3.63, 3.8) is 0 Å². The quantitative estimate of drug-likeness (QED) is 0.521. The molecule has 0 aliphatic carbocycles. The Balaban J connectivity index is 3.04. The molecule has 1 rings (SSSR count). The van der Waals surface area contributed by atoms with E-state index in [1.165, 1.54) is 12.0 Å². The van der Waals surface area contributed by atoms with Gasteiger partial charge in [-0.15, -0.1) is 0 Å². The van der Waals surface area contributed by atoms with E-state index in [0.717, 1.165) is 6.42 Å². The predicted octanol–water partition coefficient (Wildman–Crippen LogP) is 3.92. The number of hydrogen-bond acceptors (Lipinski definition) is 4. The van der Waals surface area contributed by atoms with E-state index in [0.29, 0.717) is 28.9 Å². The molecule has 1 amide bonds. The van der Waals surface area contributed by atoms with E-state index in [4.69, 9.17) is 4.74 Å². The number of rotatable bonds is 7. The number of methoxy groups -OCH3 is 1.